The van der Waals surface area contributed by atoms with Gasteiger partial charge in [-0.05, 0) is 36.6 Å². The SMILES string of the molecule is CC(C)CC(CN)Nc1ccc(Cl)c2cccnc12. The Bertz CT molecular complexity index is 554. The van der Waals surface area contributed by atoms with Gasteiger partial charge in [-0.25, -0.2) is 0 Å². The van der Waals surface area contributed by atoms with Crippen molar-refractivity contribution in [2.75, 3.05) is 11.9 Å². The highest BCUT2D eigenvalue weighted by molar-refractivity contribution is 6.35. The lowest BCUT2D eigenvalue weighted by Crippen LogP contribution is -2.30. The van der Waals surface area contributed by atoms with Crippen LogP contribution in [0.25, 0.3) is 10.9 Å². The van der Waals surface area contributed by atoms with Crippen molar-refractivity contribution in [3.63, 3.8) is 0 Å². The molecular formula is C15H20ClN3. The van der Waals surface area contributed by atoms with E-state index in [0.29, 0.717) is 12.5 Å². The lowest BCUT2D eigenvalue weighted by molar-refractivity contribution is 0.522. The Morgan fingerprint density at radius 2 is 2.11 bits per heavy atom. The lowest BCUT2D eigenvalue weighted by atomic mass is 10.0. The van der Waals surface area contributed by atoms with Gasteiger partial charge in [0.25, 0.3) is 0 Å². The molecule has 19 heavy (non-hydrogen) atoms. The van der Waals surface area contributed by atoms with Gasteiger partial charge in [-0.2, -0.15) is 0 Å². The zero-order valence-electron chi connectivity index (χ0n) is 11.4. The van der Waals surface area contributed by atoms with Crippen LogP contribution >= 0.6 is 11.6 Å². The molecule has 3 nitrogen and oxygen atoms in total. The molecule has 3 N–H and O–H groups in total. The van der Waals surface area contributed by atoms with E-state index < -0.39 is 0 Å². The molecule has 4 heteroatoms. The average Bonchev–Trinajstić information content (AvgIpc) is 2.41. The van der Waals surface area contributed by atoms with E-state index in [4.69, 9.17) is 17.3 Å². The molecule has 1 heterocycles. The van der Waals surface area contributed by atoms with Crippen LogP contribution in [0.2, 0.25) is 5.02 Å². The lowest BCUT2D eigenvalue weighted by Gasteiger charge is -2.21. The van der Waals surface area contributed by atoms with E-state index in [-0.39, 0.29) is 6.04 Å². The standard InChI is InChI=1S/C15H20ClN3/c1-10(2)8-11(9-17)19-14-6-5-13(16)12-4-3-7-18-15(12)14/h3-7,10-11,19H,8-9,17H2,1-2H3. The van der Waals surface area contributed by atoms with Gasteiger partial charge >= 0.3 is 0 Å². The van der Waals surface area contributed by atoms with Crippen molar-refractivity contribution in [1.82, 2.24) is 4.98 Å². The van der Waals surface area contributed by atoms with Crippen molar-refractivity contribution in [3.05, 3.63) is 35.5 Å². The predicted molar refractivity (Wildman–Crippen MR) is 82.7 cm³/mol. The normalized spacial score (nSPS) is 12.9. The molecule has 102 valence electrons. The third kappa shape index (κ3) is 3.37. The number of aromatic nitrogens is 1. The highest BCUT2D eigenvalue weighted by Gasteiger charge is 2.12. The zero-order valence-corrected chi connectivity index (χ0v) is 12.1. The summed E-state index contributed by atoms with van der Waals surface area (Å²) in [6, 6.07) is 8.01. The molecule has 0 aliphatic carbocycles. The van der Waals surface area contributed by atoms with E-state index in [0.717, 1.165) is 28.0 Å². The molecule has 0 amide bonds. The molecule has 0 saturated carbocycles. The molecule has 0 aliphatic heterocycles. The van der Waals surface area contributed by atoms with Crippen LogP contribution in [0.15, 0.2) is 30.5 Å². The summed E-state index contributed by atoms with van der Waals surface area (Å²) >= 11 is 6.19. The highest BCUT2D eigenvalue weighted by Crippen LogP contribution is 2.28. The molecule has 2 rings (SSSR count). The molecule has 0 saturated heterocycles. The monoisotopic (exact) mass is 277 g/mol. The maximum absolute atomic E-state index is 6.19. The van der Waals surface area contributed by atoms with E-state index in [1.54, 1.807) is 6.20 Å². The number of rotatable bonds is 5. The van der Waals surface area contributed by atoms with Crippen LogP contribution in [-0.2, 0) is 0 Å². The first-order chi connectivity index (χ1) is 9.11. The van der Waals surface area contributed by atoms with Crippen LogP contribution in [-0.4, -0.2) is 17.6 Å². The first kappa shape index (κ1) is 14.1. The van der Waals surface area contributed by atoms with Crippen molar-refractivity contribution in [1.29, 1.82) is 0 Å². The molecule has 0 bridgehead atoms. The second kappa shape index (κ2) is 6.22. The number of nitrogens with two attached hydrogens (primary N) is 1. The van der Waals surface area contributed by atoms with E-state index >= 15 is 0 Å². The van der Waals surface area contributed by atoms with Gasteiger partial charge < -0.3 is 11.1 Å². The Hall–Kier alpha value is -1.32. The number of nitrogens with one attached hydrogen (secondary N) is 1. The zero-order chi connectivity index (χ0) is 13.8. The van der Waals surface area contributed by atoms with Gasteiger partial charge in [0, 0.05) is 24.2 Å². The van der Waals surface area contributed by atoms with Crippen molar-refractivity contribution < 1.29 is 0 Å². The van der Waals surface area contributed by atoms with Gasteiger partial charge in [0.2, 0.25) is 0 Å². The number of hydrogen-bond acceptors (Lipinski definition) is 3. The minimum atomic E-state index is 0.256. The highest BCUT2D eigenvalue weighted by atomic mass is 35.5. The number of fused-ring (bicyclic) bond motifs is 1. The van der Waals surface area contributed by atoms with Crippen LogP contribution in [0.3, 0.4) is 0 Å². The van der Waals surface area contributed by atoms with Crippen LogP contribution in [0.5, 0.6) is 0 Å². The van der Waals surface area contributed by atoms with Gasteiger partial charge in [0.05, 0.1) is 16.2 Å². The Morgan fingerprint density at radius 3 is 2.79 bits per heavy atom. The number of hydrogen-bond donors (Lipinski definition) is 2. The Balaban J connectivity index is 2.32. The Kier molecular flexibility index (Phi) is 4.61. The van der Waals surface area contributed by atoms with Crippen molar-refractivity contribution >= 4 is 28.2 Å². The summed E-state index contributed by atoms with van der Waals surface area (Å²) in [7, 11) is 0. The van der Waals surface area contributed by atoms with E-state index in [1.165, 1.54) is 0 Å². The molecule has 1 aromatic carbocycles. The fourth-order valence-electron chi connectivity index (χ4n) is 2.26. The summed E-state index contributed by atoms with van der Waals surface area (Å²) in [5.41, 5.74) is 7.73. The summed E-state index contributed by atoms with van der Waals surface area (Å²) in [5.74, 6) is 0.604. The average molecular weight is 278 g/mol. The van der Waals surface area contributed by atoms with Crippen LogP contribution in [0.4, 0.5) is 5.69 Å². The third-order valence-corrected chi connectivity index (χ3v) is 3.45. The maximum Gasteiger partial charge on any atom is 0.0948 e. The first-order valence-corrected chi connectivity index (χ1v) is 6.99. The van der Waals surface area contributed by atoms with Gasteiger partial charge in [-0.3, -0.25) is 4.98 Å². The molecule has 0 fully saturated rings. The molecule has 2 aromatic rings. The Morgan fingerprint density at radius 1 is 1.32 bits per heavy atom. The second-order valence-electron chi connectivity index (χ2n) is 5.20. The maximum atomic E-state index is 6.19. The van der Waals surface area contributed by atoms with Gasteiger partial charge in [-0.15, -0.1) is 0 Å². The van der Waals surface area contributed by atoms with E-state index in [1.807, 2.05) is 24.3 Å². The van der Waals surface area contributed by atoms with Gasteiger partial charge in [0.1, 0.15) is 0 Å². The summed E-state index contributed by atoms with van der Waals surface area (Å²) < 4.78 is 0. The largest absolute Gasteiger partial charge is 0.379 e. The predicted octanol–water partition coefficient (Wildman–Crippen LogP) is 3.67. The van der Waals surface area contributed by atoms with Crippen LogP contribution < -0.4 is 11.1 Å². The van der Waals surface area contributed by atoms with Crippen LogP contribution in [0, 0.1) is 5.92 Å². The summed E-state index contributed by atoms with van der Waals surface area (Å²) in [6.45, 7) is 5.00. The van der Waals surface area contributed by atoms with E-state index in [9.17, 15) is 0 Å². The quantitative estimate of drug-likeness (QED) is 0.877. The fraction of sp³-hybridized carbons (Fsp3) is 0.400. The van der Waals surface area contributed by atoms with Crippen molar-refractivity contribution in [2.24, 2.45) is 11.7 Å². The summed E-state index contributed by atoms with van der Waals surface area (Å²) in [4.78, 5) is 4.42. The minimum absolute atomic E-state index is 0.256. The fourth-order valence-corrected chi connectivity index (χ4v) is 2.47. The number of anilines is 1. The first-order valence-electron chi connectivity index (χ1n) is 6.61. The number of nitrogens with zero attached hydrogens (tertiary/aromatic N) is 1. The van der Waals surface area contributed by atoms with Crippen molar-refractivity contribution in [2.45, 2.75) is 26.3 Å². The van der Waals surface area contributed by atoms with Gasteiger partial charge in [-0.1, -0.05) is 25.4 Å². The third-order valence-electron chi connectivity index (χ3n) is 3.12. The number of benzene rings is 1. The molecule has 1 aromatic heterocycles. The van der Waals surface area contributed by atoms with Gasteiger partial charge in [0.15, 0.2) is 0 Å². The summed E-state index contributed by atoms with van der Waals surface area (Å²) in [5, 5.41) is 5.18. The molecule has 0 aliphatic rings. The topological polar surface area (TPSA) is 50.9 Å². The summed E-state index contributed by atoms with van der Waals surface area (Å²) in [6.07, 6.45) is 2.82. The molecule has 0 radical (unpaired) electrons. The Labute approximate surface area is 119 Å². The molecule has 0 spiro atoms. The number of pyridine rings is 1. The van der Waals surface area contributed by atoms with E-state index in [2.05, 4.69) is 24.1 Å². The molecule has 1 atom stereocenters. The minimum Gasteiger partial charge on any atom is -0.379 e. The molecular weight excluding hydrogens is 258 g/mol. The molecule has 1 unspecified atom stereocenters. The number of halogens is 1. The second-order valence-corrected chi connectivity index (χ2v) is 5.61. The van der Waals surface area contributed by atoms with Crippen LogP contribution in [0.1, 0.15) is 20.3 Å². The smallest absolute Gasteiger partial charge is 0.0948 e. The van der Waals surface area contributed by atoms with Crippen molar-refractivity contribution in [3.8, 4) is 0 Å².